The van der Waals surface area contributed by atoms with Gasteiger partial charge in [-0.1, -0.05) is 0 Å². The van der Waals surface area contributed by atoms with Crippen LogP contribution in [-0.2, 0) is 13.0 Å². The molecular weight excluding hydrogens is 224 g/mol. The Morgan fingerprint density at radius 1 is 1.39 bits per heavy atom. The molecule has 1 aliphatic heterocycles. The average molecular weight is 243 g/mol. The molecule has 2 aliphatic rings. The standard InChI is InChI=1S/C15H18N2O/c1-18-10-5-6-14-12(9-10)11-3-2-4-13-15(11)17(14)8-7-16-13/h5-6,9,13,16H,2-4,7-8H2,1H3/p+1/t13-/m0/s1. The maximum atomic E-state index is 5.38. The fourth-order valence-corrected chi connectivity index (χ4v) is 3.75. The molecule has 0 saturated carbocycles. The maximum Gasteiger partial charge on any atom is 0.127 e. The molecule has 2 heterocycles. The van der Waals surface area contributed by atoms with Gasteiger partial charge < -0.3 is 14.6 Å². The summed E-state index contributed by atoms with van der Waals surface area (Å²) in [7, 11) is 1.75. The highest BCUT2D eigenvalue weighted by Gasteiger charge is 2.32. The van der Waals surface area contributed by atoms with E-state index in [2.05, 4.69) is 28.1 Å². The van der Waals surface area contributed by atoms with Crippen molar-refractivity contribution in [3.63, 3.8) is 0 Å². The number of nitrogens with two attached hydrogens (primary N) is 1. The third-order valence-corrected chi connectivity index (χ3v) is 4.52. The fraction of sp³-hybridized carbons (Fsp3) is 0.467. The predicted molar refractivity (Wildman–Crippen MR) is 71.0 cm³/mol. The first-order valence-corrected chi connectivity index (χ1v) is 6.91. The van der Waals surface area contributed by atoms with Crippen LogP contribution in [0.25, 0.3) is 10.9 Å². The van der Waals surface area contributed by atoms with E-state index in [1.54, 1.807) is 18.4 Å². The highest BCUT2D eigenvalue weighted by molar-refractivity contribution is 5.87. The highest BCUT2D eigenvalue weighted by Crippen LogP contribution is 2.38. The van der Waals surface area contributed by atoms with Gasteiger partial charge in [0, 0.05) is 17.3 Å². The second-order valence-corrected chi connectivity index (χ2v) is 5.42. The molecule has 0 radical (unpaired) electrons. The van der Waals surface area contributed by atoms with Gasteiger partial charge in [-0.3, -0.25) is 0 Å². The first kappa shape index (κ1) is 10.4. The van der Waals surface area contributed by atoms with Gasteiger partial charge in [0.15, 0.2) is 0 Å². The van der Waals surface area contributed by atoms with Crippen molar-refractivity contribution in [1.82, 2.24) is 4.57 Å². The molecule has 0 saturated heterocycles. The summed E-state index contributed by atoms with van der Waals surface area (Å²) < 4.78 is 7.93. The lowest BCUT2D eigenvalue weighted by atomic mass is 9.91. The first-order valence-electron chi connectivity index (χ1n) is 6.91. The van der Waals surface area contributed by atoms with E-state index in [1.165, 1.54) is 36.7 Å². The number of benzene rings is 1. The van der Waals surface area contributed by atoms with Crippen LogP contribution >= 0.6 is 0 Å². The number of aromatic nitrogens is 1. The first-order chi connectivity index (χ1) is 8.88. The van der Waals surface area contributed by atoms with Crippen molar-refractivity contribution in [3.05, 3.63) is 29.5 Å². The Labute approximate surface area is 107 Å². The number of quaternary nitrogens is 1. The Bertz CT molecular complexity index is 612. The minimum atomic E-state index is 0.695. The molecule has 0 spiro atoms. The van der Waals surface area contributed by atoms with Crippen LogP contribution in [0.5, 0.6) is 5.75 Å². The third kappa shape index (κ3) is 1.28. The topological polar surface area (TPSA) is 30.8 Å². The van der Waals surface area contributed by atoms with Crippen LogP contribution in [-0.4, -0.2) is 18.2 Å². The van der Waals surface area contributed by atoms with Crippen molar-refractivity contribution < 1.29 is 10.1 Å². The lowest BCUT2D eigenvalue weighted by molar-refractivity contribution is -0.704. The zero-order valence-corrected chi connectivity index (χ0v) is 10.8. The van der Waals surface area contributed by atoms with E-state index in [0.29, 0.717) is 6.04 Å². The van der Waals surface area contributed by atoms with Gasteiger partial charge in [-0.2, -0.15) is 0 Å². The molecule has 0 bridgehead atoms. The van der Waals surface area contributed by atoms with Gasteiger partial charge in [-0.15, -0.1) is 0 Å². The molecule has 94 valence electrons. The highest BCUT2D eigenvalue weighted by atomic mass is 16.5. The molecule has 1 aromatic heterocycles. The predicted octanol–water partition coefficient (Wildman–Crippen LogP) is 1.60. The Kier molecular flexibility index (Phi) is 2.18. The zero-order valence-electron chi connectivity index (χ0n) is 10.8. The summed E-state index contributed by atoms with van der Waals surface area (Å²) in [5.74, 6) is 0.979. The minimum absolute atomic E-state index is 0.695. The normalized spacial score (nSPS) is 21.9. The molecule has 18 heavy (non-hydrogen) atoms. The van der Waals surface area contributed by atoms with Crippen molar-refractivity contribution >= 4 is 10.9 Å². The molecule has 1 atom stereocenters. The maximum absolute atomic E-state index is 5.38. The molecular formula is C15H19N2O+. The van der Waals surface area contributed by atoms with E-state index in [0.717, 1.165) is 12.3 Å². The number of nitrogens with zero attached hydrogens (tertiary/aromatic N) is 1. The molecule has 0 fully saturated rings. The molecule has 2 N–H and O–H groups in total. The van der Waals surface area contributed by atoms with Crippen LogP contribution in [0.4, 0.5) is 0 Å². The quantitative estimate of drug-likeness (QED) is 0.810. The van der Waals surface area contributed by atoms with Gasteiger partial charge in [0.2, 0.25) is 0 Å². The summed E-state index contributed by atoms with van der Waals surface area (Å²) in [6.45, 7) is 2.36. The molecule has 0 unspecified atom stereocenters. The monoisotopic (exact) mass is 243 g/mol. The van der Waals surface area contributed by atoms with Crippen molar-refractivity contribution in [3.8, 4) is 5.75 Å². The van der Waals surface area contributed by atoms with Crippen LogP contribution < -0.4 is 10.1 Å². The van der Waals surface area contributed by atoms with E-state index in [4.69, 9.17) is 4.74 Å². The van der Waals surface area contributed by atoms with E-state index in [9.17, 15) is 0 Å². The number of fused-ring (bicyclic) bond motifs is 3. The fourth-order valence-electron chi connectivity index (χ4n) is 3.75. The van der Waals surface area contributed by atoms with Crippen molar-refractivity contribution in [2.75, 3.05) is 13.7 Å². The van der Waals surface area contributed by atoms with Crippen molar-refractivity contribution in [2.45, 2.75) is 31.8 Å². The number of rotatable bonds is 1. The summed E-state index contributed by atoms with van der Waals surface area (Å²) in [6.07, 6.45) is 3.89. The Morgan fingerprint density at radius 3 is 3.22 bits per heavy atom. The second kappa shape index (κ2) is 3.75. The molecule has 3 heteroatoms. The second-order valence-electron chi connectivity index (χ2n) is 5.42. The number of hydrogen-bond acceptors (Lipinski definition) is 1. The largest absolute Gasteiger partial charge is 0.497 e. The Balaban J connectivity index is 2.05. The van der Waals surface area contributed by atoms with E-state index >= 15 is 0 Å². The Morgan fingerprint density at radius 2 is 2.33 bits per heavy atom. The van der Waals surface area contributed by atoms with Crippen LogP contribution in [0.1, 0.15) is 30.1 Å². The Hall–Kier alpha value is -1.48. The van der Waals surface area contributed by atoms with Crippen molar-refractivity contribution in [1.29, 1.82) is 0 Å². The van der Waals surface area contributed by atoms with Crippen LogP contribution in [0.2, 0.25) is 0 Å². The molecule has 4 rings (SSSR count). The van der Waals surface area contributed by atoms with Crippen LogP contribution in [0, 0.1) is 0 Å². The molecule has 3 nitrogen and oxygen atoms in total. The summed E-state index contributed by atoms with van der Waals surface area (Å²) >= 11 is 0. The van der Waals surface area contributed by atoms with E-state index < -0.39 is 0 Å². The molecule has 1 aliphatic carbocycles. The summed E-state index contributed by atoms with van der Waals surface area (Å²) in [4.78, 5) is 0. The van der Waals surface area contributed by atoms with Gasteiger partial charge in [0.25, 0.3) is 0 Å². The van der Waals surface area contributed by atoms with Crippen molar-refractivity contribution in [2.24, 2.45) is 0 Å². The molecule has 0 amide bonds. The van der Waals surface area contributed by atoms with Gasteiger partial charge >= 0.3 is 0 Å². The number of methoxy groups -OCH3 is 1. The number of ether oxygens (including phenoxy) is 1. The van der Waals surface area contributed by atoms with E-state index in [-0.39, 0.29) is 0 Å². The summed E-state index contributed by atoms with van der Waals surface area (Å²) in [5.41, 5.74) is 4.58. The SMILES string of the molecule is COc1ccc2c(c1)c1c3n2CC[NH2+][C@H]3CCC1. The average Bonchev–Trinajstić information content (AvgIpc) is 2.76. The number of aryl methyl sites for hydroxylation is 1. The number of hydrogen-bond donors (Lipinski definition) is 1. The molecule has 2 aromatic rings. The van der Waals surface area contributed by atoms with Crippen LogP contribution in [0.3, 0.4) is 0 Å². The summed E-state index contributed by atoms with van der Waals surface area (Å²) in [5, 5.41) is 3.94. The lowest BCUT2D eigenvalue weighted by Gasteiger charge is -2.27. The van der Waals surface area contributed by atoms with Gasteiger partial charge in [0.1, 0.15) is 11.8 Å². The zero-order chi connectivity index (χ0) is 12.1. The van der Waals surface area contributed by atoms with Gasteiger partial charge in [-0.05, 0) is 36.6 Å². The lowest BCUT2D eigenvalue weighted by Crippen LogP contribution is -2.88. The van der Waals surface area contributed by atoms with Gasteiger partial charge in [0.05, 0.1) is 25.9 Å². The van der Waals surface area contributed by atoms with Gasteiger partial charge in [-0.25, -0.2) is 0 Å². The van der Waals surface area contributed by atoms with E-state index in [1.807, 2.05) is 0 Å². The minimum Gasteiger partial charge on any atom is -0.497 e. The molecule has 1 aromatic carbocycles. The smallest absolute Gasteiger partial charge is 0.127 e. The van der Waals surface area contributed by atoms with Crippen LogP contribution in [0.15, 0.2) is 18.2 Å². The third-order valence-electron chi connectivity index (χ3n) is 4.52. The summed E-state index contributed by atoms with van der Waals surface area (Å²) in [6, 6.07) is 7.23.